The molecule has 0 N–H and O–H groups in total. The van der Waals surface area contributed by atoms with Crippen LogP contribution in [0.1, 0.15) is 85.5 Å². The fourth-order valence-electron chi connectivity index (χ4n) is 4.98. The van der Waals surface area contributed by atoms with Gasteiger partial charge in [-0.15, -0.1) is 0 Å². The number of hydrogen-bond acceptors (Lipinski definition) is 3. The summed E-state index contributed by atoms with van der Waals surface area (Å²) in [6.07, 6.45) is 11.5. The second kappa shape index (κ2) is 8.27. The molecule has 0 bridgehead atoms. The summed E-state index contributed by atoms with van der Waals surface area (Å²) >= 11 is 0. The van der Waals surface area contributed by atoms with Gasteiger partial charge in [0.1, 0.15) is 0 Å². The van der Waals surface area contributed by atoms with E-state index in [-0.39, 0.29) is 5.79 Å². The summed E-state index contributed by atoms with van der Waals surface area (Å²) < 4.78 is 12.7. The van der Waals surface area contributed by atoms with Gasteiger partial charge in [-0.1, -0.05) is 34.1 Å². The zero-order valence-electron chi connectivity index (χ0n) is 17.2. The lowest BCUT2D eigenvalue weighted by Crippen LogP contribution is -2.39. The minimum atomic E-state index is -0.231. The van der Waals surface area contributed by atoms with Crippen molar-refractivity contribution >= 4 is 0 Å². The maximum Gasteiger partial charge on any atom is 0.168 e. The third kappa shape index (κ3) is 4.99. The maximum absolute atomic E-state index is 6.45. The van der Waals surface area contributed by atoms with Gasteiger partial charge in [0, 0.05) is 12.8 Å². The van der Waals surface area contributed by atoms with Gasteiger partial charge >= 0.3 is 0 Å². The van der Waals surface area contributed by atoms with E-state index < -0.39 is 0 Å². The van der Waals surface area contributed by atoms with Crippen LogP contribution < -0.4 is 0 Å². The highest BCUT2D eigenvalue weighted by molar-refractivity contribution is 4.89. The summed E-state index contributed by atoms with van der Waals surface area (Å²) in [7, 11) is 0. The molecule has 2 saturated heterocycles. The molecule has 0 radical (unpaired) electrons. The molecule has 3 aliphatic rings. The molecule has 1 unspecified atom stereocenters. The summed E-state index contributed by atoms with van der Waals surface area (Å²) in [5, 5.41) is 0. The summed E-state index contributed by atoms with van der Waals surface area (Å²) in [5.74, 6) is 1.53. The largest absolute Gasteiger partial charge is 0.347 e. The lowest BCUT2D eigenvalue weighted by atomic mass is 9.68. The molecule has 0 aromatic heterocycles. The molecule has 3 heteroatoms. The van der Waals surface area contributed by atoms with Crippen molar-refractivity contribution in [3.8, 4) is 0 Å². The van der Waals surface area contributed by atoms with E-state index in [0.717, 1.165) is 37.7 Å². The molecule has 1 aliphatic carbocycles. The smallest absolute Gasteiger partial charge is 0.168 e. The molecule has 0 aromatic rings. The first-order valence-electron chi connectivity index (χ1n) is 11.0. The summed E-state index contributed by atoms with van der Waals surface area (Å²) in [6, 6.07) is 0. The fourth-order valence-corrected chi connectivity index (χ4v) is 4.98. The molecule has 2 heterocycles. The van der Waals surface area contributed by atoms with Crippen molar-refractivity contribution in [3.05, 3.63) is 0 Å². The fraction of sp³-hybridized carbons (Fsp3) is 1.00. The Labute approximate surface area is 155 Å². The first-order chi connectivity index (χ1) is 11.9. The topological polar surface area (TPSA) is 21.7 Å². The minimum absolute atomic E-state index is 0.231. The molecule has 0 aromatic carbocycles. The number of nitrogens with zero attached hydrogens (tertiary/aromatic N) is 1. The van der Waals surface area contributed by atoms with Crippen molar-refractivity contribution in [1.29, 1.82) is 0 Å². The lowest BCUT2D eigenvalue weighted by molar-refractivity contribution is -0.197. The molecule has 1 atom stereocenters. The monoisotopic (exact) mass is 351 g/mol. The van der Waals surface area contributed by atoms with E-state index in [4.69, 9.17) is 9.47 Å². The Hall–Kier alpha value is -0.120. The van der Waals surface area contributed by atoms with E-state index in [2.05, 4.69) is 32.6 Å². The van der Waals surface area contributed by atoms with Crippen LogP contribution in [0.4, 0.5) is 0 Å². The molecule has 3 rings (SSSR count). The van der Waals surface area contributed by atoms with Crippen molar-refractivity contribution < 1.29 is 9.47 Å². The molecule has 146 valence electrons. The molecule has 2 aliphatic heterocycles. The molecule has 3 fully saturated rings. The summed E-state index contributed by atoms with van der Waals surface area (Å²) in [6.45, 7) is 14.2. The Balaban J connectivity index is 1.36. The predicted octanol–water partition coefficient (Wildman–Crippen LogP) is 5.24. The Kier molecular flexibility index (Phi) is 6.50. The van der Waals surface area contributed by atoms with E-state index in [1.807, 2.05) is 0 Å². The Morgan fingerprint density at radius 1 is 1.08 bits per heavy atom. The van der Waals surface area contributed by atoms with Crippen LogP contribution in [0, 0.1) is 17.3 Å². The Morgan fingerprint density at radius 3 is 2.40 bits per heavy atom. The zero-order valence-corrected chi connectivity index (χ0v) is 17.2. The Bertz CT molecular complexity index is 406. The van der Waals surface area contributed by atoms with Crippen molar-refractivity contribution in [2.75, 3.05) is 26.2 Å². The molecule has 1 spiro atoms. The zero-order chi connectivity index (χ0) is 17.9. The van der Waals surface area contributed by atoms with Crippen molar-refractivity contribution in [2.45, 2.75) is 97.4 Å². The quantitative estimate of drug-likeness (QED) is 0.653. The average molecular weight is 352 g/mol. The van der Waals surface area contributed by atoms with Crippen molar-refractivity contribution in [2.24, 2.45) is 17.3 Å². The first kappa shape index (κ1) is 19.6. The molecular formula is C22H41NO2. The van der Waals surface area contributed by atoms with Gasteiger partial charge in [0.2, 0.25) is 0 Å². The van der Waals surface area contributed by atoms with Crippen LogP contribution >= 0.6 is 0 Å². The van der Waals surface area contributed by atoms with Gasteiger partial charge in [-0.25, -0.2) is 0 Å². The van der Waals surface area contributed by atoms with Crippen LogP contribution in [-0.4, -0.2) is 43.0 Å². The van der Waals surface area contributed by atoms with Gasteiger partial charge in [0.05, 0.1) is 12.7 Å². The van der Waals surface area contributed by atoms with Crippen LogP contribution in [0.3, 0.4) is 0 Å². The second-order valence-electron chi connectivity index (χ2n) is 9.74. The van der Waals surface area contributed by atoms with Gasteiger partial charge in [-0.3, -0.25) is 0 Å². The van der Waals surface area contributed by atoms with Crippen molar-refractivity contribution in [3.63, 3.8) is 0 Å². The van der Waals surface area contributed by atoms with Gasteiger partial charge in [-0.05, 0) is 75.4 Å². The second-order valence-corrected chi connectivity index (χ2v) is 9.74. The maximum atomic E-state index is 6.45. The molecular weight excluding hydrogens is 310 g/mol. The number of rotatable bonds is 6. The number of hydrogen-bond donors (Lipinski definition) is 0. The van der Waals surface area contributed by atoms with Crippen LogP contribution in [0.15, 0.2) is 0 Å². The highest BCUT2D eigenvalue weighted by Gasteiger charge is 2.46. The van der Waals surface area contributed by atoms with Gasteiger partial charge < -0.3 is 14.4 Å². The van der Waals surface area contributed by atoms with Gasteiger partial charge in [-0.2, -0.15) is 0 Å². The lowest BCUT2D eigenvalue weighted by Gasteiger charge is -2.42. The number of likely N-dealkylation sites (tertiary alicyclic amines) is 1. The van der Waals surface area contributed by atoms with E-state index in [1.54, 1.807) is 0 Å². The Morgan fingerprint density at radius 2 is 1.76 bits per heavy atom. The van der Waals surface area contributed by atoms with Gasteiger partial charge in [0.25, 0.3) is 0 Å². The van der Waals surface area contributed by atoms with Crippen LogP contribution in [-0.2, 0) is 9.47 Å². The third-order valence-corrected chi connectivity index (χ3v) is 7.55. The number of piperidine rings is 1. The molecule has 1 saturated carbocycles. The molecule has 25 heavy (non-hydrogen) atoms. The van der Waals surface area contributed by atoms with E-state index in [1.165, 1.54) is 58.2 Å². The van der Waals surface area contributed by atoms with E-state index in [0.29, 0.717) is 11.5 Å². The van der Waals surface area contributed by atoms with E-state index >= 15 is 0 Å². The number of ether oxygens (including phenoxy) is 2. The summed E-state index contributed by atoms with van der Waals surface area (Å²) in [4.78, 5) is 2.64. The van der Waals surface area contributed by atoms with E-state index in [9.17, 15) is 0 Å². The SMILES string of the molecule is CCC(C)(C)C1CCC2(CC1)OCC(CCCN1CCC(C)CC1)O2. The normalized spacial score (nSPS) is 35.5. The van der Waals surface area contributed by atoms with Crippen LogP contribution in [0.2, 0.25) is 0 Å². The first-order valence-corrected chi connectivity index (χ1v) is 11.0. The predicted molar refractivity (Wildman–Crippen MR) is 104 cm³/mol. The van der Waals surface area contributed by atoms with Gasteiger partial charge in [0.15, 0.2) is 5.79 Å². The van der Waals surface area contributed by atoms with Crippen LogP contribution in [0.5, 0.6) is 0 Å². The highest BCUT2D eigenvalue weighted by Crippen LogP contribution is 2.47. The molecule has 0 amide bonds. The third-order valence-electron chi connectivity index (χ3n) is 7.55. The highest BCUT2D eigenvalue weighted by atomic mass is 16.7. The summed E-state index contributed by atoms with van der Waals surface area (Å²) in [5.41, 5.74) is 0.464. The van der Waals surface area contributed by atoms with Crippen molar-refractivity contribution in [1.82, 2.24) is 4.90 Å². The minimum Gasteiger partial charge on any atom is -0.347 e. The molecule has 3 nitrogen and oxygen atoms in total. The standard InChI is InChI=1S/C22H41NO2/c1-5-21(3,4)19-8-12-22(13-9-19)24-17-20(25-22)7-6-14-23-15-10-18(2)11-16-23/h18-20H,5-17H2,1-4H3. The van der Waals surface area contributed by atoms with Crippen LogP contribution in [0.25, 0.3) is 0 Å². The average Bonchev–Trinajstić information content (AvgIpc) is 3.00.